The number of benzene rings is 3. The first-order valence-electron chi connectivity index (χ1n) is 11.8. The number of nitrogens with one attached hydrogen (secondary N) is 2. The van der Waals surface area contributed by atoms with E-state index in [0.29, 0.717) is 34.1 Å². The molecule has 0 saturated carbocycles. The highest BCUT2D eigenvalue weighted by atomic mass is 35.5. The van der Waals surface area contributed by atoms with Crippen molar-refractivity contribution >= 4 is 64.0 Å². The van der Waals surface area contributed by atoms with E-state index in [1.807, 2.05) is 6.92 Å². The number of carbonyl (C=O) groups excluding carboxylic acids is 4. The zero-order valence-electron chi connectivity index (χ0n) is 20.3. The van der Waals surface area contributed by atoms with E-state index in [-0.39, 0.29) is 16.4 Å². The van der Waals surface area contributed by atoms with Crippen LogP contribution in [0.15, 0.2) is 83.5 Å². The van der Waals surface area contributed by atoms with Crippen molar-refractivity contribution in [1.29, 1.82) is 0 Å². The Morgan fingerprint density at radius 2 is 1.63 bits per heavy atom. The molecule has 3 aromatic rings. The van der Waals surface area contributed by atoms with Gasteiger partial charge in [0.25, 0.3) is 17.7 Å². The highest BCUT2D eigenvalue weighted by molar-refractivity contribution is 6.53. The second-order valence-electron chi connectivity index (χ2n) is 8.31. The first kappa shape index (κ1) is 26.9. The van der Waals surface area contributed by atoms with Gasteiger partial charge in [0, 0.05) is 11.3 Å². The van der Waals surface area contributed by atoms with E-state index in [2.05, 4.69) is 10.6 Å². The number of amides is 3. The average Bonchev–Trinajstić information content (AvgIpc) is 3.13. The fourth-order valence-electron chi connectivity index (χ4n) is 3.62. The Morgan fingerprint density at radius 1 is 0.895 bits per heavy atom. The van der Waals surface area contributed by atoms with Crippen LogP contribution < -0.4 is 15.5 Å². The molecule has 2 N–H and O–H groups in total. The van der Waals surface area contributed by atoms with E-state index >= 15 is 0 Å². The minimum atomic E-state index is -0.718. The fraction of sp³-hybridized carbons (Fsp3) is 0.143. The molecule has 0 spiro atoms. The van der Waals surface area contributed by atoms with Crippen molar-refractivity contribution in [2.24, 2.45) is 0 Å². The number of hydrogen-bond donors (Lipinski definition) is 2. The monoisotopic (exact) mass is 551 g/mol. The molecule has 0 saturated heterocycles. The molecule has 10 heteroatoms. The van der Waals surface area contributed by atoms with Crippen LogP contribution in [0, 0.1) is 0 Å². The number of para-hydroxylation sites is 1. The average molecular weight is 552 g/mol. The van der Waals surface area contributed by atoms with Crippen molar-refractivity contribution in [3.05, 3.63) is 99.7 Å². The van der Waals surface area contributed by atoms with Gasteiger partial charge in [-0.15, -0.1) is 0 Å². The van der Waals surface area contributed by atoms with Gasteiger partial charge in [-0.25, -0.2) is 9.69 Å². The highest BCUT2D eigenvalue weighted by Crippen LogP contribution is 2.31. The van der Waals surface area contributed by atoms with Crippen LogP contribution in [-0.4, -0.2) is 30.3 Å². The topological polar surface area (TPSA) is 105 Å². The van der Waals surface area contributed by atoms with Gasteiger partial charge in [0.2, 0.25) is 0 Å². The maximum absolute atomic E-state index is 13.1. The number of imide groups is 1. The van der Waals surface area contributed by atoms with Gasteiger partial charge < -0.3 is 15.4 Å². The van der Waals surface area contributed by atoms with Crippen molar-refractivity contribution < 1.29 is 23.9 Å². The van der Waals surface area contributed by atoms with Crippen LogP contribution in [0.4, 0.5) is 17.1 Å². The van der Waals surface area contributed by atoms with Crippen molar-refractivity contribution in [2.75, 3.05) is 22.1 Å². The summed E-state index contributed by atoms with van der Waals surface area (Å²) in [6.45, 7) is 2.31. The lowest BCUT2D eigenvalue weighted by Crippen LogP contribution is -2.32. The summed E-state index contributed by atoms with van der Waals surface area (Å²) in [6.07, 6.45) is 1.66. The molecule has 38 heavy (non-hydrogen) atoms. The molecule has 0 fully saturated rings. The van der Waals surface area contributed by atoms with Crippen LogP contribution >= 0.6 is 23.2 Å². The standard InChI is InChI=1S/C28H23Cl2N3O5/c1-2-3-15-38-28(37)17-11-13-20(14-12-17)33-26(35)23(30)24(27(33)36)31-19-8-6-7-18(16-19)25(34)32-22-10-5-4-9-21(22)29/h4-14,16,31H,2-3,15H2,1H3,(H,32,34). The number of anilines is 3. The Kier molecular flexibility index (Phi) is 8.45. The maximum atomic E-state index is 13.1. The quantitative estimate of drug-likeness (QED) is 0.192. The number of unbranched alkanes of at least 4 members (excludes halogenated alkanes) is 1. The van der Waals surface area contributed by atoms with Crippen molar-refractivity contribution in [2.45, 2.75) is 19.8 Å². The Balaban J connectivity index is 1.47. The molecule has 0 bridgehead atoms. The van der Waals surface area contributed by atoms with Gasteiger partial charge in [0.15, 0.2) is 0 Å². The van der Waals surface area contributed by atoms with Gasteiger partial charge in [-0.2, -0.15) is 0 Å². The molecule has 4 rings (SSSR count). The summed E-state index contributed by atoms with van der Waals surface area (Å²) in [5, 5.41) is 5.67. The first-order valence-corrected chi connectivity index (χ1v) is 12.5. The van der Waals surface area contributed by atoms with E-state index in [1.165, 1.54) is 30.3 Å². The summed E-state index contributed by atoms with van der Waals surface area (Å²) in [4.78, 5) is 51.7. The summed E-state index contributed by atoms with van der Waals surface area (Å²) in [6, 6.07) is 19.1. The number of carbonyl (C=O) groups is 4. The Hall–Kier alpha value is -4.14. The minimum absolute atomic E-state index is 0.136. The van der Waals surface area contributed by atoms with Crippen LogP contribution in [0.25, 0.3) is 0 Å². The second-order valence-corrected chi connectivity index (χ2v) is 9.10. The SMILES string of the molecule is CCCCOC(=O)c1ccc(N2C(=O)C(Cl)=C(Nc3cccc(C(=O)Nc4ccccc4Cl)c3)C2=O)cc1. The molecule has 0 atom stereocenters. The van der Waals surface area contributed by atoms with Crippen molar-refractivity contribution in [3.8, 4) is 0 Å². The van der Waals surface area contributed by atoms with E-state index in [0.717, 1.165) is 17.7 Å². The van der Waals surface area contributed by atoms with E-state index in [1.54, 1.807) is 42.5 Å². The smallest absolute Gasteiger partial charge is 0.338 e. The molecule has 0 radical (unpaired) electrons. The van der Waals surface area contributed by atoms with E-state index in [4.69, 9.17) is 27.9 Å². The third-order valence-electron chi connectivity index (χ3n) is 5.64. The number of rotatable bonds is 9. The molecule has 1 aliphatic heterocycles. The molecular weight excluding hydrogens is 529 g/mol. The van der Waals surface area contributed by atoms with Crippen LogP contribution in [0.2, 0.25) is 5.02 Å². The summed E-state index contributed by atoms with van der Waals surface area (Å²) < 4.78 is 5.18. The van der Waals surface area contributed by atoms with Crippen molar-refractivity contribution in [3.63, 3.8) is 0 Å². The number of esters is 1. The number of hydrogen-bond acceptors (Lipinski definition) is 6. The summed E-state index contributed by atoms with van der Waals surface area (Å²) in [7, 11) is 0. The molecule has 8 nitrogen and oxygen atoms in total. The van der Waals surface area contributed by atoms with Crippen LogP contribution in [0.3, 0.4) is 0 Å². The molecule has 0 unspecified atom stereocenters. The third kappa shape index (κ3) is 5.88. The molecule has 1 aliphatic rings. The third-order valence-corrected chi connectivity index (χ3v) is 6.32. The van der Waals surface area contributed by atoms with Gasteiger partial charge in [0.05, 0.1) is 28.6 Å². The van der Waals surface area contributed by atoms with Gasteiger partial charge in [-0.3, -0.25) is 14.4 Å². The number of nitrogens with zero attached hydrogens (tertiary/aromatic N) is 1. The Morgan fingerprint density at radius 3 is 2.34 bits per heavy atom. The minimum Gasteiger partial charge on any atom is -0.462 e. The molecule has 0 aliphatic carbocycles. The molecule has 3 aromatic carbocycles. The molecular formula is C28H23Cl2N3O5. The van der Waals surface area contributed by atoms with Gasteiger partial charge in [-0.1, -0.05) is 54.7 Å². The molecule has 3 amide bonds. The lowest BCUT2D eigenvalue weighted by Gasteiger charge is -2.15. The second kappa shape index (κ2) is 11.9. The normalized spacial score (nSPS) is 13.1. The zero-order valence-corrected chi connectivity index (χ0v) is 21.8. The lowest BCUT2D eigenvalue weighted by atomic mass is 10.1. The van der Waals surface area contributed by atoms with Gasteiger partial charge in [-0.05, 0) is 61.0 Å². The van der Waals surface area contributed by atoms with Crippen LogP contribution in [-0.2, 0) is 14.3 Å². The van der Waals surface area contributed by atoms with Crippen molar-refractivity contribution in [1.82, 2.24) is 0 Å². The fourth-order valence-corrected chi connectivity index (χ4v) is 4.02. The van der Waals surface area contributed by atoms with Crippen LogP contribution in [0.5, 0.6) is 0 Å². The Labute approximate surface area is 229 Å². The summed E-state index contributed by atoms with van der Waals surface area (Å²) in [5.74, 6) is -2.29. The van der Waals surface area contributed by atoms with E-state index < -0.39 is 23.7 Å². The highest BCUT2D eigenvalue weighted by Gasteiger charge is 2.39. The van der Waals surface area contributed by atoms with Crippen LogP contribution in [0.1, 0.15) is 40.5 Å². The lowest BCUT2D eigenvalue weighted by molar-refractivity contribution is -0.120. The number of ether oxygens (including phenoxy) is 1. The molecule has 0 aromatic heterocycles. The Bertz CT molecular complexity index is 1440. The largest absolute Gasteiger partial charge is 0.462 e. The molecule has 194 valence electrons. The van der Waals surface area contributed by atoms with E-state index in [9.17, 15) is 19.2 Å². The maximum Gasteiger partial charge on any atom is 0.338 e. The zero-order chi connectivity index (χ0) is 27.2. The summed E-state index contributed by atoms with van der Waals surface area (Å²) >= 11 is 12.4. The number of halogens is 2. The van der Waals surface area contributed by atoms with Gasteiger partial charge >= 0.3 is 5.97 Å². The van der Waals surface area contributed by atoms with Gasteiger partial charge in [0.1, 0.15) is 10.7 Å². The predicted molar refractivity (Wildman–Crippen MR) is 146 cm³/mol. The first-order chi connectivity index (χ1) is 18.3. The summed E-state index contributed by atoms with van der Waals surface area (Å²) in [5.41, 5.74) is 1.53. The predicted octanol–water partition coefficient (Wildman–Crippen LogP) is 5.98. The molecule has 1 heterocycles.